The minimum Gasteiger partial charge on any atom is -0.261 e. The number of pyridine rings is 1. The third-order valence-corrected chi connectivity index (χ3v) is 8.64. The van der Waals surface area contributed by atoms with E-state index in [9.17, 15) is 8.78 Å². The summed E-state index contributed by atoms with van der Waals surface area (Å²) < 4.78 is 27.8. The Morgan fingerprint density at radius 3 is 2.63 bits per heavy atom. The zero-order chi connectivity index (χ0) is 18.8. The van der Waals surface area contributed by atoms with E-state index in [2.05, 4.69) is 31.0 Å². The number of fused-ring (bicyclic) bond motifs is 5. The molecule has 0 aliphatic heterocycles. The van der Waals surface area contributed by atoms with Crippen LogP contribution < -0.4 is 0 Å². The lowest BCUT2D eigenvalue weighted by Gasteiger charge is -2.57. The van der Waals surface area contributed by atoms with E-state index in [0.717, 1.165) is 37.7 Å². The molecule has 2 saturated carbocycles. The largest absolute Gasteiger partial charge is 0.261 e. The normalized spacial score (nSPS) is 43.3. The van der Waals surface area contributed by atoms with E-state index in [4.69, 9.17) is 0 Å². The Hall–Kier alpha value is -1.51. The fourth-order valence-corrected chi connectivity index (χ4v) is 7.19. The predicted molar refractivity (Wildman–Crippen MR) is 104 cm³/mol. The molecule has 3 heteroatoms. The standard InChI is InChI=1S/C24H29F2N/c1-23-9-7-17(25)12-16(23)3-4-19-21-6-5-20(15-11-18(26)14-27-13-15)24(21,2)10-8-22(19)23/h3,5,11,13-14,17,19,21-22H,4,6-10,12H2,1-2H3/t17?,19-,21-,22-,23-,24+/m0/s1. The molecule has 0 N–H and O–H groups in total. The average molecular weight is 369 g/mol. The van der Waals surface area contributed by atoms with Crippen LogP contribution in [0.3, 0.4) is 0 Å². The van der Waals surface area contributed by atoms with Crippen LogP contribution in [0.25, 0.3) is 5.57 Å². The number of alkyl halides is 1. The number of rotatable bonds is 1. The topological polar surface area (TPSA) is 12.9 Å². The maximum atomic E-state index is 14.0. The maximum absolute atomic E-state index is 14.0. The van der Waals surface area contributed by atoms with Crippen molar-refractivity contribution in [2.24, 2.45) is 28.6 Å². The lowest BCUT2D eigenvalue weighted by Crippen LogP contribution is -2.49. The first kappa shape index (κ1) is 17.6. The van der Waals surface area contributed by atoms with Gasteiger partial charge in [0.15, 0.2) is 0 Å². The highest BCUT2D eigenvalue weighted by Crippen LogP contribution is 2.66. The zero-order valence-electron chi connectivity index (χ0n) is 16.3. The lowest BCUT2D eigenvalue weighted by atomic mass is 9.47. The molecule has 4 aliphatic carbocycles. The van der Waals surface area contributed by atoms with Crippen molar-refractivity contribution in [3.05, 3.63) is 47.6 Å². The molecular formula is C24H29F2N. The summed E-state index contributed by atoms with van der Waals surface area (Å²) in [6, 6.07) is 1.64. The van der Waals surface area contributed by atoms with Gasteiger partial charge in [0.05, 0.1) is 6.20 Å². The van der Waals surface area contributed by atoms with Crippen LogP contribution in [0, 0.1) is 34.4 Å². The summed E-state index contributed by atoms with van der Waals surface area (Å²) in [6.45, 7) is 4.79. The second kappa shape index (κ2) is 5.99. The van der Waals surface area contributed by atoms with Crippen molar-refractivity contribution in [1.29, 1.82) is 0 Å². The summed E-state index contributed by atoms with van der Waals surface area (Å²) in [5.41, 5.74) is 3.94. The summed E-state index contributed by atoms with van der Waals surface area (Å²) in [7, 11) is 0. The Kier molecular flexibility index (Phi) is 3.90. The van der Waals surface area contributed by atoms with Crippen LogP contribution in [0.1, 0.15) is 64.4 Å². The van der Waals surface area contributed by atoms with Crippen molar-refractivity contribution in [3.63, 3.8) is 0 Å². The van der Waals surface area contributed by atoms with Crippen molar-refractivity contribution in [3.8, 4) is 0 Å². The Labute approximate surface area is 161 Å². The van der Waals surface area contributed by atoms with E-state index < -0.39 is 6.17 Å². The molecule has 5 rings (SSSR count). The Morgan fingerprint density at radius 2 is 1.81 bits per heavy atom. The number of hydrogen-bond donors (Lipinski definition) is 0. The fraction of sp³-hybridized carbons (Fsp3) is 0.625. The zero-order valence-corrected chi connectivity index (χ0v) is 16.3. The van der Waals surface area contributed by atoms with Crippen LogP contribution in [0.15, 0.2) is 36.2 Å². The monoisotopic (exact) mass is 369 g/mol. The molecule has 0 spiro atoms. The average Bonchev–Trinajstić information content (AvgIpc) is 2.99. The first-order chi connectivity index (χ1) is 12.9. The summed E-state index contributed by atoms with van der Waals surface area (Å²) in [5, 5.41) is 0. The summed E-state index contributed by atoms with van der Waals surface area (Å²) in [4.78, 5) is 4.09. The van der Waals surface area contributed by atoms with Gasteiger partial charge in [0.25, 0.3) is 0 Å². The highest BCUT2D eigenvalue weighted by molar-refractivity contribution is 5.72. The Bertz CT molecular complexity index is 827. The van der Waals surface area contributed by atoms with Crippen molar-refractivity contribution in [2.75, 3.05) is 0 Å². The minimum atomic E-state index is -0.644. The molecule has 1 unspecified atom stereocenters. The number of halogens is 2. The van der Waals surface area contributed by atoms with Crippen LogP contribution in [0.4, 0.5) is 8.78 Å². The van der Waals surface area contributed by atoms with Crippen molar-refractivity contribution >= 4 is 5.57 Å². The van der Waals surface area contributed by atoms with E-state index in [-0.39, 0.29) is 16.6 Å². The molecule has 1 aromatic heterocycles. The van der Waals surface area contributed by atoms with Gasteiger partial charge in [-0.2, -0.15) is 0 Å². The summed E-state index contributed by atoms with van der Waals surface area (Å²) in [5.74, 6) is 1.67. The van der Waals surface area contributed by atoms with Gasteiger partial charge in [-0.1, -0.05) is 31.6 Å². The number of allylic oxidation sites excluding steroid dienone is 4. The van der Waals surface area contributed by atoms with E-state index >= 15 is 0 Å². The predicted octanol–water partition coefficient (Wildman–Crippen LogP) is 6.51. The van der Waals surface area contributed by atoms with Crippen LogP contribution in [-0.2, 0) is 0 Å². The Balaban J connectivity index is 1.48. The molecule has 6 atom stereocenters. The molecule has 0 aromatic carbocycles. The van der Waals surface area contributed by atoms with Gasteiger partial charge in [0.2, 0.25) is 0 Å². The van der Waals surface area contributed by atoms with Gasteiger partial charge in [-0.15, -0.1) is 0 Å². The summed E-state index contributed by atoms with van der Waals surface area (Å²) in [6.07, 6.45) is 14.1. The fourth-order valence-electron chi connectivity index (χ4n) is 7.19. The second-order valence-electron chi connectivity index (χ2n) is 9.80. The highest BCUT2D eigenvalue weighted by atomic mass is 19.1. The molecule has 1 heterocycles. The molecule has 144 valence electrons. The van der Waals surface area contributed by atoms with Crippen LogP contribution in [0.5, 0.6) is 0 Å². The van der Waals surface area contributed by atoms with E-state index in [0.29, 0.717) is 24.2 Å². The Morgan fingerprint density at radius 1 is 1.00 bits per heavy atom. The SMILES string of the molecule is C[C@]12CCC(F)CC1=CC[C@@H]1[C@@H]2CC[C@]2(C)C(c3cncc(F)c3)=CC[C@@H]12. The van der Waals surface area contributed by atoms with Crippen molar-refractivity contribution < 1.29 is 8.78 Å². The molecule has 0 amide bonds. The lowest BCUT2D eigenvalue weighted by molar-refractivity contribution is -0.0165. The highest BCUT2D eigenvalue weighted by Gasteiger charge is 2.56. The van der Waals surface area contributed by atoms with Crippen molar-refractivity contribution in [2.45, 2.75) is 65.0 Å². The molecular weight excluding hydrogens is 340 g/mol. The van der Waals surface area contributed by atoms with Crippen LogP contribution in [0.2, 0.25) is 0 Å². The van der Waals surface area contributed by atoms with Gasteiger partial charge in [-0.3, -0.25) is 4.98 Å². The maximum Gasteiger partial charge on any atom is 0.142 e. The van der Waals surface area contributed by atoms with Gasteiger partial charge >= 0.3 is 0 Å². The molecule has 1 nitrogen and oxygen atoms in total. The van der Waals surface area contributed by atoms with E-state index in [1.54, 1.807) is 6.07 Å². The van der Waals surface area contributed by atoms with Crippen LogP contribution in [-0.4, -0.2) is 11.2 Å². The van der Waals surface area contributed by atoms with Gasteiger partial charge in [0, 0.05) is 12.6 Å². The molecule has 2 fully saturated rings. The van der Waals surface area contributed by atoms with E-state index in [1.165, 1.54) is 23.8 Å². The number of aromatic nitrogens is 1. The third kappa shape index (κ3) is 2.49. The van der Waals surface area contributed by atoms with Crippen molar-refractivity contribution in [1.82, 2.24) is 4.98 Å². The summed E-state index contributed by atoms with van der Waals surface area (Å²) >= 11 is 0. The van der Waals surface area contributed by atoms with Gasteiger partial charge < -0.3 is 0 Å². The first-order valence-corrected chi connectivity index (χ1v) is 10.6. The third-order valence-electron chi connectivity index (χ3n) is 8.64. The quantitative estimate of drug-likeness (QED) is 0.514. The first-order valence-electron chi connectivity index (χ1n) is 10.6. The molecule has 0 radical (unpaired) electrons. The minimum absolute atomic E-state index is 0.107. The van der Waals surface area contributed by atoms with Gasteiger partial charge in [-0.05, 0) is 84.3 Å². The molecule has 1 aromatic rings. The van der Waals surface area contributed by atoms with E-state index in [1.807, 2.05) is 6.20 Å². The molecule has 0 bridgehead atoms. The second-order valence-corrected chi connectivity index (χ2v) is 9.80. The van der Waals surface area contributed by atoms with Gasteiger partial charge in [-0.25, -0.2) is 8.78 Å². The molecule has 0 saturated heterocycles. The number of hydrogen-bond acceptors (Lipinski definition) is 1. The smallest absolute Gasteiger partial charge is 0.142 e. The van der Waals surface area contributed by atoms with Gasteiger partial charge in [0.1, 0.15) is 12.0 Å². The molecule has 27 heavy (non-hydrogen) atoms. The molecule has 4 aliphatic rings. The number of nitrogens with zero attached hydrogens (tertiary/aromatic N) is 1. The van der Waals surface area contributed by atoms with Crippen LogP contribution >= 0.6 is 0 Å².